The van der Waals surface area contributed by atoms with E-state index >= 15 is 0 Å². The van der Waals surface area contributed by atoms with Crippen LogP contribution in [0.4, 0.5) is 5.69 Å². The van der Waals surface area contributed by atoms with Crippen LogP contribution < -0.4 is 4.31 Å². The Morgan fingerprint density at radius 1 is 1.09 bits per heavy atom. The van der Waals surface area contributed by atoms with Crippen molar-refractivity contribution in [1.82, 2.24) is 4.90 Å². The Kier molecular flexibility index (Phi) is 7.06. The quantitative estimate of drug-likeness (QED) is 0.731. The molecule has 23 heavy (non-hydrogen) atoms. The predicted octanol–water partition coefficient (Wildman–Crippen LogP) is 2.72. The van der Waals surface area contributed by atoms with E-state index in [1.54, 1.807) is 4.90 Å². The zero-order chi connectivity index (χ0) is 17.6. The number of anilines is 1. The highest BCUT2D eigenvalue weighted by atomic mass is 32.2. The summed E-state index contributed by atoms with van der Waals surface area (Å²) in [5.41, 5.74) is 2.38. The standard InChI is InChI=1S/C17H28N2O3S/c1-6-10-18(11-7-2)17(20)13-19(23(5,21)22)16-12-14(3)8-9-15(16)4/h8-9,12H,6-7,10-11,13H2,1-5H3. The molecule has 0 fully saturated rings. The van der Waals surface area contributed by atoms with Crippen molar-refractivity contribution in [2.75, 3.05) is 30.2 Å². The Bertz CT molecular complexity index is 635. The van der Waals surface area contributed by atoms with Crippen molar-refractivity contribution in [2.24, 2.45) is 0 Å². The number of hydrogen-bond acceptors (Lipinski definition) is 3. The summed E-state index contributed by atoms with van der Waals surface area (Å²) in [7, 11) is -3.53. The van der Waals surface area contributed by atoms with E-state index < -0.39 is 10.0 Å². The Balaban J connectivity index is 3.14. The first-order chi connectivity index (χ1) is 10.7. The van der Waals surface area contributed by atoms with Crippen molar-refractivity contribution in [2.45, 2.75) is 40.5 Å². The second-order valence-electron chi connectivity index (χ2n) is 5.94. The maximum atomic E-state index is 12.6. The van der Waals surface area contributed by atoms with E-state index in [4.69, 9.17) is 0 Å². The summed E-state index contributed by atoms with van der Waals surface area (Å²) >= 11 is 0. The fourth-order valence-electron chi connectivity index (χ4n) is 2.49. The molecular formula is C17H28N2O3S. The lowest BCUT2D eigenvalue weighted by Crippen LogP contribution is -2.43. The summed E-state index contributed by atoms with van der Waals surface area (Å²) in [6, 6.07) is 5.62. The molecule has 0 aromatic heterocycles. The lowest BCUT2D eigenvalue weighted by atomic mass is 10.1. The van der Waals surface area contributed by atoms with Gasteiger partial charge < -0.3 is 4.90 Å². The van der Waals surface area contributed by atoms with Crippen LogP contribution in [0.25, 0.3) is 0 Å². The van der Waals surface area contributed by atoms with E-state index in [1.165, 1.54) is 4.31 Å². The number of nitrogens with zero attached hydrogens (tertiary/aromatic N) is 2. The maximum Gasteiger partial charge on any atom is 0.243 e. The molecule has 0 unspecified atom stereocenters. The first-order valence-corrected chi connectivity index (χ1v) is 9.88. The van der Waals surface area contributed by atoms with Crippen molar-refractivity contribution >= 4 is 21.6 Å². The number of benzene rings is 1. The average molecular weight is 340 g/mol. The molecule has 0 saturated carbocycles. The van der Waals surface area contributed by atoms with E-state index in [2.05, 4.69) is 0 Å². The van der Waals surface area contributed by atoms with Crippen molar-refractivity contribution in [3.8, 4) is 0 Å². The zero-order valence-electron chi connectivity index (χ0n) is 14.8. The summed E-state index contributed by atoms with van der Waals surface area (Å²) in [6.07, 6.45) is 2.86. The molecule has 0 aliphatic heterocycles. The molecule has 1 amide bonds. The molecule has 1 aromatic carbocycles. The van der Waals surface area contributed by atoms with Gasteiger partial charge in [0.05, 0.1) is 11.9 Å². The van der Waals surface area contributed by atoms with Crippen molar-refractivity contribution in [1.29, 1.82) is 0 Å². The highest BCUT2D eigenvalue weighted by Crippen LogP contribution is 2.24. The van der Waals surface area contributed by atoms with Crippen LogP contribution in [0.3, 0.4) is 0 Å². The van der Waals surface area contributed by atoms with Crippen LogP contribution in [0, 0.1) is 13.8 Å². The third-order valence-corrected chi connectivity index (χ3v) is 4.78. The molecule has 1 rings (SSSR count). The van der Waals surface area contributed by atoms with Crippen LogP contribution in [0.15, 0.2) is 18.2 Å². The first kappa shape index (κ1) is 19.5. The Morgan fingerprint density at radius 3 is 2.13 bits per heavy atom. The van der Waals surface area contributed by atoms with E-state index in [9.17, 15) is 13.2 Å². The van der Waals surface area contributed by atoms with Crippen LogP contribution in [0.5, 0.6) is 0 Å². The van der Waals surface area contributed by atoms with Crippen molar-refractivity contribution in [3.05, 3.63) is 29.3 Å². The van der Waals surface area contributed by atoms with E-state index in [1.807, 2.05) is 45.9 Å². The summed E-state index contributed by atoms with van der Waals surface area (Å²) in [5, 5.41) is 0. The molecular weight excluding hydrogens is 312 g/mol. The molecule has 0 atom stereocenters. The molecule has 0 heterocycles. The fraction of sp³-hybridized carbons (Fsp3) is 0.588. The minimum absolute atomic E-state index is 0.150. The number of rotatable bonds is 8. The number of amides is 1. The second kappa shape index (κ2) is 8.34. The lowest BCUT2D eigenvalue weighted by Gasteiger charge is -2.28. The smallest absolute Gasteiger partial charge is 0.243 e. The van der Waals surface area contributed by atoms with Crippen LogP contribution in [0.1, 0.15) is 37.8 Å². The maximum absolute atomic E-state index is 12.6. The zero-order valence-corrected chi connectivity index (χ0v) is 15.6. The molecule has 0 spiro atoms. The second-order valence-corrected chi connectivity index (χ2v) is 7.85. The minimum atomic E-state index is -3.53. The molecule has 6 heteroatoms. The molecule has 130 valence electrons. The Labute approximate surface area is 140 Å². The Hall–Kier alpha value is -1.56. The third-order valence-electron chi connectivity index (χ3n) is 3.65. The largest absolute Gasteiger partial charge is 0.341 e. The minimum Gasteiger partial charge on any atom is -0.341 e. The molecule has 0 N–H and O–H groups in total. The Morgan fingerprint density at radius 2 is 1.65 bits per heavy atom. The number of carbonyl (C=O) groups is 1. The summed E-state index contributed by atoms with van der Waals surface area (Å²) < 4.78 is 25.7. The van der Waals surface area contributed by atoms with Gasteiger partial charge in [-0.1, -0.05) is 26.0 Å². The number of sulfonamides is 1. The fourth-order valence-corrected chi connectivity index (χ4v) is 3.39. The van der Waals surface area contributed by atoms with Gasteiger partial charge >= 0.3 is 0 Å². The number of aryl methyl sites for hydroxylation is 2. The van der Waals surface area contributed by atoms with Crippen LogP contribution in [-0.4, -0.2) is 45.1 Å². The van der Waals surface area contributed by atoms with Gasteiger partial charge in [0.2, 0.25) is 15.9 Å². The van der Waals surface area contributed by atoms with Gasteiger partial charge in [-0.15, -0.1) is 0 Å². The van der Waals surface area contributed by atoms with E-state index in [0.29, 0.717) is 18.8 Å². The van der Waals surface area contributed by atoms with Gasteiger partial charge in [-0.25, -0.2) is 8.42 Å². The van der Waals surface area contributed by atoms with Gasteiger partial charge in [-0.2, -0.15) is 0 Å². The van der Waals surface area contributed by atoms with Crippen LogP contribution in [-0.2, 0) is 14.8 Å². The van der Waals surface area contributed by atoms with Gasteiger partial charge in [-0.05, 0) is 43.9 Å². The highest BCUT2D eigenvalue weighted by Gasteiger charge is 2.24. The van der Waals surface area contributed by atoms with Crippen LogP contribution >= 0.6 is 0 Å². The molecule has 0 bridgehead atoms. The summed E-state index contributed by atoms with van der Waals surface area (Å²) in [6.45, 7) is 8.93. The van der Waals surface area contributed by atoms with E-state index in [-0.39, 0.29) is 12.5 Å². The molecule has 0 aliphatic rings. The molecule has 0 saturated heterocycles. The molecule has 0 radical (unpaired) electrons. The predicted molar refractivity (Wildman–Crippen MR) is 95.3 cm³/mol. The first-order valence-electron chi connectivity index (χ1n) is 8.03. The van der Waals surface area contributed by atoms with Gasteiger partial charge in [0.15, 0.2) is 0 Å². The van der Waals surface area contributed by atoms with Crippen molar-refractivity contribution in [3.63, 3.8) is 0 Å². The molecule has 1 aromatic rings. The highest BCUT2D eigenvalue weighted by molar-refractivity contribution is 7.92. The van der Waals surface area contributed by atoms with Gasteiger partial charge in [-0.3, -0.25) is 9.10 Å². The topological polar surface area (TPSA) is 57.7 Å². The normalized spacial score (nSPS) is 11.3. The van der Waals surface area contributed by atoms with Gasteiger partial charge in [0, 0.05) is 13.1 Å². The van der Waals surface area contributed by atoms with E-state index in [0.717, 1.165) is 30.2 Å². The summed E-state index contributed by atoms with van der Waals surface area (Å²) in [4.78, 5) is 14.3. The van der Waals surface area contributed by atoms with Crippen molar-refractivity contribution < 1.29 is 13.2 Å². The molecule has 5 nitrogen and oxygen atoms in total. The molecule has 0 aliphatic carbocycles. The number of carbonyl (C=O) groups excluding carboxylic acids is 1. The average Bonchev–Trinajstić information content (AvgIpc) is 2.46. The monoisotopic (exact) mass is 340 g/mol. The van der Waals surface area contributed by atoms with Gasteiger partial charge in [0.25, 0.3) is 0 Å². The third kappa shape index (κ3) is 5.53. The SMILES string of the molecule is CCCN(CCC)C(=O)CN(c1cc(C)ccc1C)S(C)(=O)=O. The van der Waals surface area contributed by atoms with Gasteiger partial charge in [0.1, 0.15) is 6.54 Å². The lowest BCUT2D eigenvalue weighted by molar-refractivity contribution is -0.129. The van der Waals surface area contributed by atoms with Crippen LogP contribution in [0.2, 0.25) is 0 Å². The number of hydrogen-bond donors (Lipinski definition) is 0. The summed E-state index contributed by atoms with van der Waals surface area (Å²) in [5.74, 6) is -0.153.